The number of para-hydroxylation sites is 1. The molecule has 0 bridgehead atoms. The highest BCUT2D eigenvalue weighted by molar-refractivity contribution is 7.88. The van der Waals surface area contributed by atoms with Gasteiger partial charge >= 0.3 is 0 Å². The number of sulfonamides is 1. The number of aromatic amines is 1. The zero-order chi connectivity index (χ0) is 12.8. The third-order valence-corrected chi connectivity index (χ3v) is 4.24. The van der Waals surface area contributed by atoms with Crippen molar-refractivity contribution in [2.75, 3.05) is 6.26 Å². The molecule has 1 aromatic heterocycles. The van der Waals surface area contributed by atoms with Gasteiger partial charge in [-0.1, -0.05) is 18.2 Å². The standard InChI is InChI=1S/C13H16N2O2S/c1-18(16,17)15-9-6-7-11-10-4-2-3-5-12(10)14-13(11)8-9/h2-5,9,14-15H,6-8H2,1H3. The van der Waals surface area contributed by atoms with E-state index in [2.05, 4.69) is 21.8 Å². The molecule has 96 valence electrons. The lowest BCUT2D eigenvalue weighted by molar-refractivity contribution is 0.508. The molecule has 5 heteroatoms. The van der Waals surface area contributed by atoms with E-state index in [0.29, 0.717) is 0 Å². The Balaban J connectivity index is 1.94. The quantitative estimate of drug-likeness (QED) is 0.865. The predicted octanol–water partition coefficient (Wildman–Crippen LogP) is 1.57. The summed E-state index contributed by atoms with van der Waals surface area (Å²) >= 11 is 0. The zero-order valence-electron chi connectivity index (χ0n) is 10.2. The van der Waals surface area contributed by atoms with Gasteiger partial charge in [0.2, 0.25) is 10.0 Å². The van der Waals surface area contributed by atoms with E-state index in [-0.39, 0.29) is 6.04 Å². The van der Waals surface area contributed by atoms with Gasteiger partial charge in [0, 0.05) is 29.1 Å². The van der Waals surface area contributed by atoms with Gasteiger partial charge in [-0.25, -0.2) is 13.1 Å². The van der Waals surface area contributed by atoms with Crippen molar-refractivity contribution >= 4 is 20.9 Å². The van der Waals surface area contributed by atoms with Crippen LogP contribution in [0.5, 0.6) is 0 Å². The van der Waals surface area contributed by atoms with Crippen LogP contribution < -0.4 is 4.72 Å². The first kappa shape index (κ1) is 11.7. The molecular weight excluding hydrogens is 248 g/mol. The molecule has 18 heavy (non-hydrogen) atoms. The number of hydrogen-bond acceptors (Lipinski definition) is 2. The van der Waals surface area contributed by atoms with Crippen LogP contribution in [0.25, 0.3) is 10.9 Å². The Bertz CT molecular complexity index is 688. The van der Waals surface area contributed by atoms with Crippen LogP contribution in [-0.2, 0) is 22.9 Å². The third-order valence-electron chi connectivity index (χ3n) is 3.48. The Morgan fingerprint density at radius 2 is 2.11 bits per heavy atom. The first-order valence-electron chi connectivity index (χ1n) is 6.09. The van der Waals surface area contributed by atoms with Gasteiger partial charge in [0.1, 0.15) is 0 Å². The summed E-state index contributed by atoms with van der Waals surface area (Å²) in [6.07, 6.45) is 3.75. The van der Waals surface area contributed by atoms with Gasteiger partial charge in [0.05, 0.1) is 6.26 Å². The summed E-state index contributed by atoms with van der Waals surface area (Å²) in [7, 11) is -3.12. The normalized spacial score (nSPS) is 19.9. The predicted molar refractivity (Wildman–Crippen MR) is 72.1 cm³/mol. The molecule has 0 saturated heterocycles. The van der Waals surface area contributed by atoms with Gasteiger partial charge < -0.3 is 4.98 Å². The summed E-state index contributed by atoms with van der Waals surface area (Å²) in [5, 5.41) is 1.27. The van der Waals surface area contributed by atoms with E-state index in [9.17, 15) is 8.42 Å². The van der Waals surface area contributed by atoms with Crippen molar-refractivity contribution in [1.29, 1.82) is 0 Å². The lowest BCUT2D eigenvalue weighted by atomic mass is 9.92. The molecule has 2 N–H and O–H groups in total. The summed E-state index contributed by atoms with van der Waals surface area (Å²) in [6, 6.07) is 8.25. The molecule has 0 amide bonds. The molecule has 0 spiro atoms. The van der Waals surface area contributed by atoms with Gasteiger partial charge in [0.25, 0.3) is 0 Å². The Kier molecular flexibility index (Phi) is 2.68. The highest BCUT2D eigenvalue weighted by atomic mass is 32.2. The van der Waals surface area contributed by atoms with Gasteiger partial charge in [0.15, 0.2) is 0 Å². The van der Waals surface area contributed by atoms with Crippen LogP contribution in [0.2, 0.25) is 0 Å². The van der Waals surface area contributed by atoms with Gasteiger partial charge in [-0.3, -0.25) is 0 Å². The topological polar surface area (TPSA) is 62.0 Å². The number of nitrogens with one attached hydrogen (secondary N) is 2. The van der Waals surface area contributed by atoms with Crippen molar-refractivity contribution in [1.82, 2.24) is 9.71 Å². The van der Waals surface area contributed by atoms with E-state index >= 15 is 0 Å². The number of aryl methyl sites for hydroxylation is 1. The summed E-state index contributed by atoms with van der Waals surface area (Å²) in [6.45, 7) is 0. The van der Waals surface area contributed by atoms with Crippen LogP contribution in [0.15, 0.2) is 24.3 Å². The molecule has 1 aliphatic carbocycles. The molecule has 2 aromatic rings. The largest absolute Gasteiger partial charge is 0.358 e. The Hall–Kier alpha value is -1.33. The van der Waals surface area contributed by atoms with E-state index in [1.807, 2.05) is 12.1 Å². The van der Waals surface area contributed by atoms with E-state index < -0.39 is 10.0 Å². The third kappa shape index (κ3) is 2.15. The van der Waals surface area contributed by atoms with E-state index in [0.717, 1.165) is 24.8 Å². The minimum absolute atomic E-state index is 0.0144. The van der Waals surface area contributed by atoms with E-state index in [1.165, 1.54) is 22.9 Å². The molecule has 1 heterocycles. The van der Waals surface area contributed by atoms with Crippen molar-refractivity contribution in [3.63, 3.8) is 0 Å². The Labute approximate surface area is 106 Å². The minimum atomic E-state index is -3.12. The molecule has 0 fully saturated rings. The number of aromatic nitrogens is 1. The highest BCUT2D eigenvalue weighted by Crippen LogP contribution is 2.29. The lowest BCUT2D eigenvalue weighted by Gasteiger charge is -2.22. The fraction of sp³-hybridized carbons (Fsp3) is 0.385. The van der Waals surface area contributed by atoms with Crippen LogP contribution in [0.3, 0.4) is 0 Å². The maximum absolute atomic E-state index is 11.3. The molecule has 0 aliphatic heterocycles. The second kappa shape index (κ2) is 4.10. The van der Waals surface area contributed by atoms with E-state index in [4.69, 9.17) is 0 Å². The molecular formula is C13H16N2O2S. The number of fused-ring (bicyclic) bond motifs is 3. The lowest BCUT2D eigenvalue weighted by Crippen LogP contribution is -2.38. The zero-order valence-corrected chi connectivity index (χ0v) is 11.0. The maximum Gasteiger partial charge on any atom is 0.208 e. The van der Waals surface area contributed by atoms with Gasteiger partial charge in [-0.05, 0) is 24.5 Å². The fourth-order valence-corrected chi connectivity index (χ4v) is 3.59. The summed E-state index contributed by atoms with van der Waals surface area (Å²) < 4.78 is 25.2. The smallest absolute Gasteiger partial charge is 0.208 e. The van der Waals surface area contributed by atoms with Crippen molar-refractivity contribution in [2.45, 2.75) is 25.3 Å². The number of hydrogen-bond donors (Lipinski definition) is 2. The number of rotatable bonds is 2. The molecule has 0 radical (unpaired) electrons. The van der Waals surface area contributed by atoms with Crippen molar-refractivity contribution in [3.05, 3.63) is 35.5 Å². The van der Waals surface area contributed by atoms with Crippen LogP contribution in [-0.4, -0.2) is 25.7 Å². The Morgan fingerprint density at radius 1 is 1.33 bits per heavy atom. The highest BCUT2D eigenvalue weighted by Gasteiger charge is 2.23. The van der Waals surface area contributed by atoms with Gasteiger partial charge in [-0.2, -0.15) is 0 Å². The second-order valence-electron chi connectivity index (χ2n) is 4.96. The average molecular weight is 264 g/mol. The van der Waals surface area contributed by atoms with Crippen LogP contribution >= 0.6 is 0 Å². The fourth-order valence-electron chi connectivity index (χ4n) is 2.79. The van der Waals surface area contributed by atoms with E-state index in [1.54, 1.807) is 0 Å². The van der Waals surface area contributed by atoms with Crippen LogP contribution in [0.4, 0.5) is 0 Å². The SMILES string of the molecule is CS(=O)(=O)NC1CCc2c([nH]c3ccccc23)C1. The molecule has 0 saturated carbocycles. The average Bonchev–Trinajstić information content (AvgIpc) is 2.64. The molecule has 1 unspecified atom stereocenters. The van der Waals surface area contributed by atoms with Crippen molar-refractivity contribution < 1.29 is 8.42 Å². The molecule has 1 aromatic carbocycles. The van der Waals surface area contributed by atoms with Gasteiger partial charge in [-0.15, -0.1) is 0 Å². The molecule has 4 nitrogen and oxygen atoms in total. The number of benzene rings is 1. The molecule has 3 rings (SSSR count). The van der Waals surface area contributed by atoms with Crippen molar-refractivity contribution in [2.24, 2.45) is 0 Å². The summed E-state index contributed by atoms with van der Waals surface area (Å²) in [5.41, 5.74) is 3.66. The molecule has 1 aliphatic rings. The first-order valence-corrected chi connectivity index (χ1v) is 7.98. The monoisotopic (exact) mass is 264 g/mol. The van der Waals surface area contributed by atoms with Crippen molar-refractivity contribution in [3.8, 4) is 0 Å². The maximum atomic E-state index is 11.3. The van der Waals surface area contributed by atoms with Crippen LogP contribution in [0, 0.1) is 0 Å². The summed E-state index contributed by atoms with van der Waals surface area (Å²) in [5.74, 6) is 0. The first-order chi connectivity index (χ1) is 8.53. The molecule has 1 atom stereocenters. The second-order valence-corrected chi connectivity index (χ2v) is 6.74. The minimum Gasteiger partial charge on any atom is -0.358 e. The number of H-pyrrole nitrogens is 1. The van der Waals surface area contributed by atoms with Crippen LogP contribution in [0.1, 0.15) is 17.7 Å². The Morgan fingerprint density at radius 3 is 2.89 bits per heavy atom. The summed E-state index contributed by atoms with van der Waals surface area (Å²) in [4.78, 5) is 3.40.